The molecule has 0 aliphatic heterocycles. The van der Waals surface area contributed by atoms with Crippen LogP contribution in [0.2, 0.25) is 5.02 Å². The van der Waals surface area contributed by atoms with Crippen molar-refractivity contribution in [1.29, 1.82) is 0 Å². The predicted molar refractivity (Wildman–Crippen MR) is 69.7 cm³/mol. The molecule has 18 heavy (non-hydrogen) atoms. The monoisotopic (exact) mass is 264 g/mol. The van der Waals surface area contributed by atoms with Crippen LogP contribution in [0.25, 0.3) is 5.69 Å². The molecule has 0 bridgehead atoms. The number of carboxylic acid groups (broad SMARTS) is 1. The van der Waals surface area contributed by atoms with E-state index >= 15 is 0 Å². The Kier molecular flexibility index (Phi) is 3.13. The Balaban J connectivity index is 2.66. The Bertz CT molecular complexity index is 632. The molecule has 5 heteroatoms. The Morgan fingerprint density at radius 1 is 1.33 bits per heavy atom. The van der Waals surface area contributed by atoms with Crippen LogP contribution in [0.5, 0.6) is 0 Å². The molecular weight excluding hydrogens is 252 g/mol. The third-order valence-corrected chi connectivity index (χ3v) is 3.39. The van der Waals surface area contributed by atoms with Gasteiger partial charge in [0.15, 0.2) is 0 Å². The Labute approximate surface area is 110 Å². The molecule has 1 heterocycles. The van der Waals surface area contributed by atoms with Crippen LogP contribution in [0.15, 0.2) is 18.2 Å². The van der Waals surface area contributed by atoms with Crippen molar-refractivity contribution in [3.8, 4) is 5.69 Å². The van der Waals surface area contributed by atoms with Gasteiger partial charge in [0.1, 0.15) is 0 Å². The van der Waals surface area contributed by atoms with E-state index in [2.05, 4.69) is 5.10 Å². The highest BCUT2D eigenvalue weighted by Gasteiger charge is 2.14. The largest absolute Gasteiger partial charge is 0.478 e. The second-order valence-electron chi connectivity index (χ2n) is 4.18. The zero-order valence-corrected chi connectivity index (χ0v) is 11.1. The topological polar surface area (TPSA) is 55.1 Å². The fourth-order valence-corrected chi connectivity index (χ4v) is 1.96. The van der Waals surface area contributed by atoms with Crippen LogP contribution in [-0.2, 0) is 0 Å². The number of rotatable bonds is 2. The SMILES string of the molecule is Cc1nn(-c2cc(C(=O)O)ccc2Cl)c(C)c1C. The third kappa shape index (κ3) is 1.99. The van der Waals surface area contributed by atoms with Gasteiger partial charge in [-0.3, -0.25) is 0 Å². The van der Waals surface area contributed by atoms with E-state index in [9.17, 15) is 4.79 Å². The van der Waals surface area contributed by atoms with Crippen molar-refractivity contribution in [3.63, 3.8) is 0 Å². The number of halogens is 1. The van der Waals surface area contributed by atoms with Crippen molar-refractivity contribution in [2.75, 3.05) is 0 Å². The highest BCUT2D eigenvalue weighted by atomic mass is 35.5. The number of carbonyl (C=O) groups is 1. The number of aryl methyl sites for hydroxylation is 1. The maximum atomic E-state index is 11.0. The van der Waals surface area contributed by atoms with Crippen LogP contribution < -0.4 is 0 Å². The molecule has 0 saturated heterocycles. The average Bonchev–Trinajstić information content (AvgIpc) is 2.57. The van der Waals surface area contributed by atoms with E-state index in [-0.39, 0.29) is 5.56 Å². The molecular formula is C13H13ClN2O2. The van der Waals surface area contributed by atoms with Gasteiger partial charge in [-0.2, -0.15) is 5.10 Å². The summed E-state index contributed by atoms with van der Waals surface area (Å²) >= 11 is 6.12. The summed E-state index contributed by atoms with van der Waals surface area (Å²) in [4.78, 5) is 11.0. The quantitative estimate of drug-likeness (QED) is 0.907. The van der Waals surface area contributed by atoms with E-state index in [0.29, 0.717) is 10.7 Å². The number of aromatic nitrogens is 2. The maximum Gasteiger partial charge on any atom is 0.335 e. The summed E-state index contributed by atoms with van der Waals surface area (Å²) in [6, 6.07) is 4.59. The summed E-state index contributed by atoms with van der Waals surface area (Å²) in [5.41, 5.74) is 3.72. The van der Waals surface area contributed by atoms with Gasteiger partial charge in [0.05, 0.1) is 22.0 Å². The van der Waals surface area contributed by atoms with Crippen LogP contribution >= 0.6 is 11.6 Å². The lowest BCUT2D eigenvalue weighted by Gasteiger charge is -2.08. The molecule has 94 valence electrons. The second-order valence-corrected chi connectivity index (χ2v) is 4.59. The fraction of sp³-hybridized carbons (Fsp3) is 0.231. The number of carboxylic acids is 1. The van der Waals surface area contributed by atoms with Crippen LogP contribution in [0.1, 0.15) is 27.3 Å². The number of hydrogen-bond donors (Lipinski definition) is 1. The molecule has 1 aromatic heterocycles. The first-order chi connectivity index (χ1) is 8.41. The first-order valence-electron chi connectivity index (χ1n) is 5.48. The van der Waals surface area contributed by atoms with Gasteiger partial charge in [0.25, 0.3) is 0 Å². The molecule has 1 N–H and O–H groups in total. The van der Waals surface area contributed by atoms with Gasteiger partial charge in [-0.15, -0.1) is 0 Å². The molecule has 0 aliphatic carbocycles. The lowest BCUT2D eigenvalue weighted by atomic mass is 10.2. The van der Waals surface area contributed by atoms with Crippen molar-refractivity contribution in [2.24, 2.45) is 0 Å². The van der Waals surface area contributed by atoms with Gasteiger partial charge in [-0.05, 0) is 44.5 Å². The maximum absolute atomic E-state index is 11.0. The lowest BCUT2D eigenvalue weighted by molar-refractivity contribution is 0.0697. The van der Waals surface area contributed by atoms with Crippen molar-refractivity contribution in [3.05, 3.63) is 45.7 Å². The van der Waals surface area contributed by atoms with E-state index in [0.717, 1.165) is 17.0 Å². The van der Waals surface area contributed by atoms with Gasteiger partial charge in [0, 0.05) is 5.69 Å². The van der Waals surface area contributed by atoms with Gasteiger partial charge >= 0.3 is 5.97 Å². The zero-order chi connectivity index (χ0) is 13.4. The number of aromatic carboxylic acids is 1. The van der Waals surface area contributed by atoms with Crippen LogP contribution in [0, 0.1) is 20.8 Å². The third-order valence-electron chi connectivity index (χ3n) is 3.07. The van der Waals surface area contributed by atoms with Gasteiger partial charge in [0.2, 0.25) is 0 Å². The summed E-state index contributed by atoms with van der Waals surface area (Å²) in [5.74, 6) is -0.980. The van der Waals surface area contributed by atoms with Crippen molar-refractivity contribution in [2.45, 2.75) is 20.8 Å². The smallest absolute Gasteiger partial charge is 0.335 e. The predicted octanol–water partition coefficient (Wildman–Crippen LogP) is 3.15. The summed E-state index contributed by atoms with van der Waals surface area (Å²) < 4.78 is 1.68. The van der Waals surface area contributed by atoms with E-state index in [1.165, 1.54) is 12.1 Å². The lowest BCUT2D eigenvalue weighted by Crippen LogP contribution is -2.03. The zero-order valence-electron chi connectivity index (χ0n) is 10.4. The molecule has 0 atom stereocenters. The Morgan fingerprint density at radius 2 is 2.00 bits per heavy atom. The molecule has 1 aromatic carbocycles. The summed E-state index contributed by atoms with van der Waals surface area (Å²) in [6.45, 7) is 5.82. The second kappa shape index (κ2) is 4.46. The molecule has 0 spiro atoms. The molecule has 2 aromatic rings. The fourth-order valence-electron chi connectivity index (χ4n) is 1.76. The minimum absolute atomic E-state index is 0.194. The Morgan fingerprint density at radius 3 is 2.50 bits per heavy atom. The standard InChI is InChI=1S/C13H13ClN2O2/c1-7-8(2)15-16(9(7)3)12-6-10(13(17)18)4-5-11(12)14/h4-6H,1-3H3,(H,17,18). The molecule has 2 rings (SSSR count). The van der Waals surface area contributed by atoms with Gasteiger partial charge in [-0.1, -0.05) is 11.6 Å². The van der Waals surface area contributed by atoms with Crippen LogP contribution in [0.4, 0.5) is 0 Å². The Hall–Kier alpha value is -1.81. The molecule has 0 fully saturated rings. The van der Waals surface area contributed by atoms with Gasteiger partial charge < -0.3 is 5.11 Å². The van der Waals surface area contributed by atoms with E-state index in [4.69, 9.17) is 16.7 Å². The van der Waals surface area contributed by atoms with Crippen LogP contribution in [-0.4, -0.2) is 20.9 Å². The normalized spacial score (nSPS) is 10.7. The first kappa shape index (κ1) is 12.6. The van der Waals surface area contributed by atoms with Crippen molar-refractivity contribution < 1.29 is 9.90 Å². The molecule has 0 saturated carbocycles. The minimum atomic E-state index is -0.980. The average molecular weight is 265 g/mol. The van der Waals surface area contributed by atoms with Crippen LogP contribution in [0.3, 0.4) is 0 Å². The number of nitrogens with zero attached hydrogens (tertiary/aromatic N) is 2. The molecule has 0 unspecified atom stereocenters. The number of benzene rings is 1. The highest BCUT2D eigenvalue weighted by molar-refractivity contribution is 6.32. The summed E-state index contributed by atoms with van der Waals surface area (Å²) in [6.07, 6.45) is 0. The summed E-state index contributed by atoms with van der Waals surface area (Å²) in [5, 5.41) is 13.9. The molecule has 4 nitrogen and oxygen atoms in total. The molecule has 0 radical (unpaired) electrons. The van der Waals surface area contributed by atoms with E-state index in [1.54, 1.807) is 10.7 Å². The van der Waals surface area contributed by atoms with Gasteiger partial charge in [-0.25, -0.2) is 9.48 Å². The molecule has 0 aliphatic rings. The summed E-state index contributed by atoms with van der Waals surface area (Å²) in [7, 11) is 0. The van der Waals surface area contributed by atoms with E-state index < -0.39 is 5.97 Å². The highest BCUT2D eigenvalue weighted by Crippen LogP contribution is 2.24. The van der Waals surface area contributed by atoms with Crippen molar-refractivity contribution in [1.82, 2.24) is 9.78 Å². The first-order valence-corrected chi connectivity index (χ1v) is 5.85. The minimum Gasteiger partial charge on any atom is -0.478 e. The molecule has 0 amide bonds. The van der Waals surface area contributed by atoms with E-state index in [1.807, 2.05) is 20.8 Å². The van der Waals surface area contributed by atoms with Crippen molar-refractivity contribution >= 4 is 17.6 Å². The number of hydrogen-bond acceptors (Lipinski definition) is 2.